The van der Waals surface area contributed by atoms with Crippen LogP contribution in [0, 0.1) is 23.2 Å². The normalized spacial score (nSPS) is 24.1. The fourth-order valence-corrected chi connectivity index (χ4v) is 4.81. The average Bonchev–Trinajstić information content (AvgIpc) is 2.88. The van der Waals surface area contributed by atoms with Crippen molar-refractivity contribution in [3.05, 3.63) is 15.8 Å². The van der Waals surface area contributed by atoms with Crippen molar-refractivity contribution in [1.29, 1.82) is 0 Å². The summed E-state index contributed by atoms with van der Waals surface area (Å²) in [7, 11) is 0. The standard InChI is InChI=1S/C20H27NOS/c1-13(2)21-16-12-23-17(10-11-20(3,4)5)18(16)14-8-6-7-9-15(14)19(21)22/h12-15H,6-9H2,1-5H3/t14-,15-/m0/s1. The molecule has 1 aromatic rings. The summed E-state index contributed by atoms with van der Waals surface area (Å²) < 4.78 is 0. The van der Waals surface area contributed by atoms with Crippen LogP contribution < -0.4 is 4.90 Å². The van der Waals surface area contributed by atoms with E-state index in [1.165, 1.54) is 23.3 Å². The van der Waals surface area contributed by atoms with Crippen molar-refractivity contribution >= 4 is 22.9 Å². The van der Waals surface area contributed by atoms with Crippen LogP contribution in [0.4, 0.5) is 5.69 Å². The van der Waals surface area contributed by atoms with Crippen molar-refractivity contribution in [3.8, 4) is 11.8 Å². The first-order valence-corrected chi connectivity index (χ1v) is 9.65. The lowest BCUT2D eigenvalue weighted by molar-refractivity contribution is -0.124. The first-order valence-electron chi connectivity index (χ1n) is 8.77. The number of fused-ring (bicyclic) bond motifs is 3. The number of carbonyl (C=O) groups is 1. The van der Waals surface area contributed by atoms with Gasteiger partial charge in [-0.3, -0.25) is 4.79 Å². The first kappa shape index (κ1) is 16.6. The molecule has 3 rings (SSSR count). The SMILES string of the molecule is CC(C)N1C(=O)[C@H]2CCCC[C@@H]2c2c1csc2C#CC(C)(C)C. The summed E-state index contributed by atoms with van der Waals surface area (Å²) >= 11 is 1.72. The highest BCUT2D eigenvalue weighted by Gasteiger charge is 2.43. The number of nitrogens with zero attached hydrogens (tertiary/aromatic N) is 1. The molecule has 0 N–H and O–H groups in total. The van der Waals surface area contributed by atoms with Gasteiger partial charge in [0.2, 0.25) is 5.91 Å². The Hall–Kier alpha value is -1.27. The van der Waals surface area contributed by atoms with E-state index in [-0.39, 0.29) is 17.4 Å². The number of thiophene rings is 1. The van der Waals surface area contributed by atoms with E-state index in [4.69, 9.17) is 0 Å². The molecule has 23 heavy (non-hydrogen) atoms. The second-order valence-electron chi connectivity index (χ2n) is 8.16. The maximum absolute atomic E-state index is 13.0. The Morgan fingerprint density at radius 3 is 2.48 bits per heavy atom. The van der Waals surface area contributed by atoms with E-state index in [1.54, 1.807) is 11.3 Å². The Labute approximate surface area is 144 Å². The van der Waals surface area contributed by atoms with Crippen molar-refractivity contribution in [1.82, 2.24) is 0 Å². The van der Waals surface area contributed by atoms with E-state index < -0.39 is 0 Å². The van der Waals surface area contributed by atoms with Gasteiger partial charge in [-0.2, -0.15) is 0 Å². The van der Waals surface area contributed by atoms with Gasteiger partial charge >= 0.3 is 0 Å². The van der Waals surface area contributed by atoms with Gasteiger partial charge in [0, 0.05) is 28.3 Å². The summed E-state index contributed by atoms with van der Waals surface area (Å²) in [6, 6.07) is 0.210. The molecule has 3 heteroatoms. The smallest absolute Gasteiger partial charge is 0.230 e. The average molecular weight is 330 g/mol. The van der Waals surface area contributed by atoms with E-state index >= 15 is 0 Å². The zero-order valence-corrected chi connectivity index (χ0v) is 15.7. The van der Waals surface area contributed by atoms with Crippen LogP contribution >= 0.6 is 11.3 Å². The second kappa shape index (κ2) is 5.98. The van der Waals surface area contributed by atoms with Gasteiger partial charge < -0.3 is 4.90 Å². The Morgan fingerprint density at radius 1 is 1.22 bits per heavy atom. The van der Waals surface area contributed by atoms with Gasteiger partial charge in [0.1, 0.15) is 0 Å². The number of anilines is 1. The Balaban J connectivity index is 2.11. The van der Waals surface area contributed by atoms with Crippen LogP contribution in [0.15, 0.2) is 5.38 Å². The molecule has 1 saturated carbocycles. The van der Waals surface area contributed by atoms with E-state index in [1.807, 2.05) is 4.90 Å². The molecule has 124 valence electrons. The van der Waals surface area contributed by atoms with Crippen LogP contribution in [0.5, 0.6) is 0 Å². The topological polar surface area (TPSA) is 20.3 Å². The Morgan fingerprint density at radius 2 is 1.87 bits per heavy atom. The number of hydrogen-bond acceptors (Lipinski definition) is 2. The lowest BCUT2D eigenvalue weighted by Crippen LogP contribution is -2.47. The molecule has 0 unspecified atom stereocenters. The Bertz CT molecular complexity index is 668. The van der Waals surface area contributed by atoms with Crippen molar-refractivity contribution in [2.75, 3.05) is 4.90 Å². The molecular weight excluding hydrogens is 302 g/mol. The molecule has 2 atom stereocenters. The summed E-state index contributed by atoms with van der Waals surface area (Å²) in [4.78, 5) is 16.2. The van der Waals surface area contributed by atoms with Gasteiger partial charge in [0.15, 0.2) is 0 Å². The fraction of sp³-hybridized carbons (Fsp3) is 0.650. The molecule has 2 nitrogen and oxygen atoms in total. The number of hydrogen-bond donors (Lipinski definition) is 0. The summed E-state index contributed by atoms with van der Waals surface area (Å²) in [6.45, 7) is 10.7. The molecular formula is C20H27NOS. The van der Waals surface area contributed by atoms with E-state index in [2.05, 4.69) is 51.8 Å². The fourth-order valence-electron chi connectivity index (χ4n) is 3.85. The molecule has 0 radical (unpaired) electrons. The molecule has 0 saturated heterocycles. The molecule has 2 heterocycles. The van der Waals surface area contributed by atoms with Crippen LogP contribution in [-0.4, -0.2) is 11.9 Å². The predicted octanol–water partition coefficient (Wildman–Crippen LogP) is 5.17. The van der Waals surface area contributed by atoms with E-state index in [0.29, 0.717) is 11.8 Å². The lowest BCUT2D eigenvalue weighted by Gasteiger charge is -2.42. The zero-order valence-electron chi connectivity index (χ0n) is 14.9. The van der Waals surface area contributed by atoms with Gasteiger partial charge in [0.05, 0.1) is 10.6 Å². The van der Waals surface area contributed by atoms with Crippen LogP contribution in [0.1, 0.15) is 76.7 Å². The van der Waals surface area contributed by atoms with Crippen LogP contribution in [0.3, 0.4) is 0 Å². The van der Waals surface area contributed by atoms with E-state index in [9.17, 15) is 4.79 Å². The molecule has 0 spiro atoms. The molecule has 0 bridgehead atoms. The zero-order chi connectivity index (χ0) is 16.8. The number of carbonyl (C=O) groups excluding carboxylic acids is 1. The minimum absolute atomic E-state index is 0.00502. The third-order valence-electron chi connectivity index (χ3n) is 4.83. The van der Waals surface area contributed by atoms with Crippen molar-refractivity contribution < 1.29 is 4.79 Å². The maximum atomic E-state index is 13.0. The highest BCUT2D eigenvalue weighted by atomic mass is 32.1. The van der Waals surface area contributed by atoms with Gasteiger partial charge in [-0.1, -0.05) is 24.7 Å². The van der Waals surface area contributed by atoms with Crippen LogP contribution in [0.25, 0.3) is 0 Å². The van der Waals surface area contributed by atoms with Crippen LogP contribution in [-0.2, 0) is 4.79 Å². The van der Waals surface area contributed by atoms with Crippen LogP contribution in [0.2, 0.25) is 0 Å². The second-order valence-corrected chi connectivity index (χ2v) is 9.04. The number of rotatable bonds is 1. The first-order chi connectivity index (χ1) is 10.8. The third-order valence-corrected chi connectivity index (χ3v) is 5.73. The minimum Gasteiger partial charge on any atom is -0.308 e. The van der Waals surface area contributed by atoms with Gasteiger partial charge in [-0.25, -0.2) is 0 Å². The molecule has 0 aromatic carbocycles. The summed E-state index contributed by atoms with van der Waals surface area (Å²) in [5.74, 6) is 7.71. The molecule has 1 aromatic heterocycles. The van der Waals surface area contributed by atoms with Gasteiger partial charge in [-0.15, -0.1) is 11.3 Å². The predicted molar refractivity (Wildman–Crippen MR) is 98.0 cm³/mol. The molecule has 2 aliphatic rings. The van der Waals surface area contributed by atoms with Crippen molar-refractivity contribution in [3.63, 3.8) is 0 Å². The molecule has 1 fully saturated rings. The highest BCUT2D eigenvalue weighted by Crippen LogP contribution is 2.50. The lowest BCUT2D eigenvalue weighted by atomic mass is 9.72. The Kier molecular flexibility index (Phi) is 4.31. The summed E-state index contributed by atoms with van der Waals surface area (Å²) in [5, 5.41) is 2.16. The third kappa shape index (κ3) is 3.06. The number of amides is 1. The van der Waals surface area contributed by atoms with Crippen molar-refractivity contribution in [2.24, 2.45) is 11.3 Å². The highest BCUT2D eigenvalue weighted by molar-refractivity contribution is 7.11. The minimum atomic E-state index is 0.00502. The van der Waals surface area contributed by atoms with E-state index in [0.717, 1.165) is 18.5 Å². The largest absolute Gasteiger partial charge is 0.308 e. The molecule has 1 aliphatic heterocycles. The molecule has 1 aliphatic carbocycles. The quantitative estimate of drug-likeness (QED) is 0.651. The summed E-state index contributed by atoms with van der Waals surface area (Å²) in [5.41, 5.74) is 2.51. The van der Waals surface area contributed by atoms with Gasteiger partial charge in [-0.05, 0) is 53.4 Å². The molecule has 1 amide bonds. The monoisotopic (exact) mass is 329 g/mol. The van der Waals surface area contributed by atoms with Gasteiger partial charge in [0.25, 0.3) is 0 Å². The summed E-state index contributed by atoms with van der Waals surface area (Å²) in [6.07, 6.45) is 4.59. The van der Waals surface area contributed by atoms with Crippen molar-refractivity contribution in [2.45, 2.75) is 72.3 Å². The maximum Gasteiger partial charge on any atom is 0.230 e.